The largest absolute Gasteiger partial charge is 0.492 e. The van der Waals surface area contributed by atoms with Crippen molar-refractivity contribution < 1.29 is 4.74 Å². The molecule has 1 aromatic rings. The van der Waals surface area contributed by atoms with E-state index in [1.807, 2.05) is 0 Å². The number of rotatable bonds is 4. The van der Waals surface area contributed by atoms with Crippen LogP contribution in [0.25, 0.3) is 0 Å². The summed E-state index contributed by atoms with van der Waals surface area (Å²) in [5, 5.41) is 0. The van der Waals surface area contributed by atoms with Crippen molar-refractivity contribution in [3.63, 3.8) is 0 Å². The fourth-order valence-corrected chi connectivity index (χ4v) is 4.15. The Hall–Kier alpha value is -0.640. The molecule has 0 bridgehead atoms. The number of benzene rings is 1. The van der Waals surface area contributed by atoms with Crippen molar-refractivity contribution in [1.29, 1.82) is 0 Å². The highest BCUT2D eigenvalue weighted by Gasteiger charge is 2.24. The van der Waals surface area contributed by atoms with Gasteiger partial charge in [0.15, 0.2) is 0 Å². The van der Waals surface area contributed by atoms with E-state index >= 15 is 0 Å². The van der Waals surface area contributed by atoms with Crippen molar-refractivity contribution in [2.45, 2.75) is 38.5 Å². The van der Waals surface area contributed by atoms with Crippen LogP contribution in [0, 0.1) is 0 Å². The number of likely N-dealkylation sites (tertiary alicyclic amines) is 1. The topological polar surface area (TPSA) is 15.7 Å². The number of hydrogen-bond acceptors (Lipinski definition) is 3. The maximum atomic E-state index is 6.08. The molecule has 0 radical (unpaired) electrons. The Morgan fingerprint density at radius 3 is 2.04 bits per heavy atom. The van der Waals surface area contributed by atoms with E-state index in [1.165, 1.54) is 75.8 Å². The van der Waals surface area contributed by atoms with E-state index in [0.717, 1.165) is 18.9 Å². The Balaban J connectivity index is 0.000000960. The minimum absolute atomic E-state index is 0. The zero-order chi connectivity index (χ0) is 14.1. The average molecular weight is 359 g/mol. The van der Waals surface area contributed by atoms with E-state index in [-0.39, 0.29) is 24.8 Å². The number of halogens is 2. The smallest absolute Gasteiger partial charge is 0.120 e. The lowest BCUT2D eigenvalue weighted by Crippen LogP contribution is -2.34. The van der Waals surface area contributed by atoms with Gasteiger partial charge in [-0.2, -0.15) is 0 Å². The van der Waals surface area contributed by atoms with Crippen molar-refractivity contribution in [2.75, 3.05) is 44.2 Å². The molecule has 4 rings (SSSR count). The van der Waals surface area contributed by atoms with Gasteiger partial charge in [0.1, 0.15) is 12.4 Å². The first kappa shape index (κ1) is 18.7. The highest BCUT2D eigenvalue weighted by Crippen LogP contribution is 2.37. The summed E-state index contributed by atoms with van der Waals surface area (Å²) in [5.74, 6) is 1.10. The Bertz CT molecular complexity index is 487. The van der Waals surface area contributed by atoms with Crippen LogP contribution in [0.15, 0.2) is 12.1 Å². The van der Waals surface area contributed by atoms with Gasteiger partial charge in [-0.15, -0.1) is 24.8 Å². The maximum absolute atomic E-state index is 6.08. The van der Waals surface area contributed by atoms with Crippen LogP contribution in [0.4, 0.5) is 5.69 Å². The summed E-state index contributed by atoms with van der Waals surface area (Å²) in [5.41, 5.74) is 4.59. The number of hydrogen-bond donors (Lipinski definition) is 0. The van der Waals surface area contributed by atoms with E-state index in [4.69, 9.17) is 4.74 Å². The van der Waals surface area contributed by atoms with Gasteiger partial charge in [-0.05, 0) is 74.9 Å². The monoisotopic (exact) mass is 358 g/mol. The summed E-state index contributed by atoms with van der Waals surface area (Å²) >= 11 is 0. The Morgan fingerprint density at radius 2 is 1.43 bits per heavy atom. The molecule has 0 unspecified atom stereocenters. The molecule has 3 aliphatic heterocycles. The third-order valence-corrected chi connectivity index (χ3v) is 5.18. The summed E-state index contributed by atoms with van der Waals surface area (Å²) in [6, 6.07) is 4.61. The van der Waals surface area contributed by atoms with E-state index in [1.54, 1.807) is 5.69 Å². The molecule has 1 aromatic carbocycles. The molecule has 0 N–H and O–H groups in total. The molecule has 23 heavy (non-hydrogen) atoms. The lowest BCUT2D eigenvalue weighted by atomic mass is 9.92. The fraction of sp³-hybridized carbons (Fsp3) is 0.667. The highest BCUT2D eigenvalue weighted by atomic mass is 35.5. The number of ether oxygens (including phenoxy) is 1. The summed E-state index contributed by atoms with van der Waals surface area (Å²) in [7, 11) is 0. The lowest BCUT2D eigenvalue weighted by molar-refractivity contribution is 0.237. The average Bonchev–Trinajstić information content (AvgIpc) is 3.01. The Labute approximate surface area is 152 Å². The van der Waals surface area contributed by atoms with Crippen LogP contribution < -0.4 is 9.64 Å². The molecular formula is C18H28Cl2N2O. The van der Waals surface area contributed by atoms with Crippen LogP contribution in [-0.4, -0.2) is 44.2 Å². The fourth-order valence-electron chi connectivity index (χ4n) is 4.15. The first-order chi connectivity index (χ1) is 10.4. The van der Waals surface area contributed by atoms with Gasteiger partial charge in [0.2, 0.25) is 0 Å². The van der Waals surface area contributed by atoms with Crippen LogP contribution >= 0.6 is 24.8 Å². The first-order valence-corrected chi connectivity index (χ1v) is 8.66. The Kier molecular flexibility index (Phi) is 6.87. The van der Waals surface area contributed by atoms with Gasteiger partial charge >= 0.3 is 0 Å². The van der Waals surface area contributed by atoms with Gasteiger partial charge in [0.25, 0.3) is 0 Å². The van der Waals surface area contributed by atoms with Gasteiger partial charge in [-0.1, -0.05) is 0 Å². The van der Waals surface area contributed by atoms with E-state index in [2.05, 4.69) is 21.9 Å². The van der Waals surface area contributed by atoms with Crippen LogP contribution in [0.2, 0.25) is 0 Å². The molecule has 130 valence electrons. The zero-order valence-electron chi connectivity index (χ0n) is 13.8. The number of anilines is 1. The van der Waals surface area contributed by atoms with E-state index in [0.29, 0.717) is 0 Å². The molecule has 1 fully saturated rings. The minimum atomic E-state index is 0. The second kappa shape index (κ2) is 8.46. The predicted molar refractivity (Wildman–Crippen MR) is 101 cm³/mol. The Morgan fingerprint density at radius 1 is 0.826 bits per heavy atom. The van der Waals surface area contributed by atoms with Gasteiger partial charge in [0, 0.05) is 25.3 Å². The predicted octanol–water partition coefficient (Wildman–Crippen LogP) is 3.70. The molecule has 5 heteroatoms. The van der Waals surface area contributed by atoms with Crippen LogP contribution in [0.5, 0.6) is 5.75 Å². The third-order valence-electron chi connectivity index (χ3n) is 5.18. The molecule has 0 atom stereocenters. The van der Waals surface area contributed by atoms with Crippen LogP contribution in [0.1, 0.15) is 36.8 Å². The van der Waals surface area contributed by atoms with Crippen molar-refractivity contribution >= 4 is 30.5 Å². The van der Waals surface area contributed by atoms with E-state index in [9.17, 15) is 0 Å². The molecule has 1 saturated heterocycles. The summed E-state index contributed by atoms with van der Waals surface area (Å²) < 4.78 is 6.08. The summed E-state index contributed by atoms with van der Waals surface area (Å²) in [6.45, 7) is 6.92. The molecule has 3 nitrogen and oxygen atoms in total. The molecule has 0 aliphatic carbocycles. The minimum Gasteiger partial charge on any atom is -0.492 e. The number of nitrogens with zero attached hydrogens (tertiary/aromatic N) is 2. The summed E-state index contributed by atoms with van der Waals surface area (Å²) in [4.78, 5) is 5.11. The molecule has 0 saturated carbocycles. The zero-order valence-corrected chi connectivity index (χ0v) is 15.4. The van der Waals surface area contributed by atoms with Gasteiger partial charge in [-0.25, -0.2) is 0 Å². The van der Waals surface area contributed by atoms with E-state index < -0.39 is 0 Å². The lowest BCUT2D eigenvalue weighted by Gasteiger charge is -2.37. The molecule has 0 spiro atoms. The highest BCUT2D eigenvalue weighted by molar-refractivity contribution is 5.85. The van der Waals surface area contributed by atoms with Gasteiger partial charge in [-0.3, -0.25) is 4.90 Å². The van der Waals surface area contributed by atoms with Crippen molar-refractivity contribution in [3.8, 4) is 5.75 Å². The van der Waals surface area contributed by atoms with Crippen molar-refractivity contribution in [1.82, 2.24) is 4.90 Å². The molecule has 0 aromatic heterocycles. The summed E-state index contributed by atoms with van der Waals surface area (Å²) in [6.07, 6.45) is 7.76. The van der Waals surface area contributed by atoms with Gasteiger partial charge < -0.3 is 9.64 Å². The normalized spacial score (nSPS) is 19.6. The van der Waals surface area contributed by atoms with Crippen molar-refractivity contribution in [2.24, 2.45) is 0 Å². The van der Waals surface area contributed by atoms with Crippen LogP contribution in [-0.2, 0) is 12.8 Å². The maximum Gasteiger partial charge on any atom is 0.120 e. The second-order valence-electron chi connectivity index (χ2n) is 6.68. The molecule has 3 heterocycles. The van der Waals surface area contributed by atoms with Gasteiger partial charge in [0.05, 0.1) is 0 Å². The third kappa shape index (κ3) is 4.07. The molecule has 0 amide bonds. The quantitative estimate of drug-likeness (QED) is 0.815. The molecule has 3 aliphatic rings. The number of aryl methyl sites for hydroxylation is 2. The second-order valence-corrected chi connectivity index (χ2v) is 6.68. The van der Waals surface area contributed by atoms with Crippen LogP contribution in [0.3, 0.4) is 0 Å². The SMILES string of the molecule is Cl.Cl.c1c(OCCN2CCCC2)cc2c3c1CCCN3CCC2. The standard InChI is InChI=1S/C18H26N2O.2ClH/c1-2-8-19(7-1)11-12-21-17-13-15-5-3-9-20-10-4-6-16(14-17)18(15)20;;/h13-14H,1-12H2;2*1H. The first-order valence-electron chi connectivity index (χ1n) is 8.66. The van der Waals surface area contributed by atoms with Crippen molar-refractivity contribution in [3.05, 3.63) is 23.3 Å². The molecular weight excluding hydrogens is 331 g/mol.